The van der Waals surface area contributed by atoms with Crippen LogP contribution in [0.4, 0.5) is 0 Å². The lowest BCUT2D eigenvalue weighted by Crippen LogP contribution is -2.51. The Balaban J connectivity index is 1.40. The molecule has 1 aliphatic rings. The van der Waals surface area contributed by atoms with Gasteiger partial charge in [-0.25, -0.2) is 0 Å². The van der Waals surface area contributed by atoms with Crippen LogP contribution in [0.3, 0.4) is 0 Å². The molecule has 0 radical (unpaired) electrons. The molecule has 1 atom stereocenters. The zero-order valence-electron chi connectivity index (χ0n) is 18.7. The second-order valence-electron chi connectivity index (χ2n) is 8.02. The fourth-order valence-corrected chi connectivity index (χ4v) is 5.20. The smallest absolute Gasteiger partial charge is 0.235 e. The van der Waals surface area contributed by atoms with Crippen molar-refractivity contribution in [3.8, 4) is 5.75 Å². The molecule has 1 heterocycles. The number of ether oxygens (including phenoxy) is 1. The molecule has 3 aromatic rings. The summed E-state index contributed by atoms with van der Waals surface area (Å²) in [6.07, 6.45) is 0. The number of nitrogens with zero attached hydrogens (tertiary/aromatic N) is 2. The molecule has 1 amide bonds. The summed E-state index contributed by atoms with van der Waals surface area (Å²) < 4.78 is 5.22. The summed E-state index contributed by atoms with van der Waals surface area (Å²) in [5.74, 6) is 1.04. The monoisotopic (exact) mass is 446 g/mol. The van der Waals surface area contributed by atoms with Gasteiger partial charge in [-0.05, 0) is 42.3 Å². The van der Waals surface area contributed by atoms with Crippen molar-refractivity contribution in [2.75, 3.05) is 33.3 Å². The summed E-state index contributed by atoms with van der Waals surface area (Å²) in [5.41, 5.74) is 2.59. The quantitative estimate of drug-likeness (QED) is 0.472. The van der Waals surface area contributed by atoms with Gasteiger partial charge in [0.05, 0.1) is 18.4 Å². The number of piperazine rings is 1. The fourth-order valence-electron chi connectivity index (χ4n) is 4.25. The highest BCUT2D eigenvalue weighted by molar-refractivity contribution is 8.00. The van der Waals surface area contributed by atoms with Gasteiger partial charge >= 0.3 is 0 Å². The molecule has 4 nitrogen and oxygen atoms in total. The largest absolute Gasteiger partial charge is 0.497 e. The molecule has 0 spiro atoms. The summed E-state index contributed by atoms with van der Waals surface area (Å²) in [4.78, 5) is 18.7. The van der Waals surface area contributed by atoms with E-state index in [2.05, 4.69) is 65.6 Å². The molecule has 3 aromatic carbocycles. The van der Waals surface area contributed by atoms with Crippen molar-refractivity contribution >= 4 is 17.7 Å². The summed E-state index contributed by atoms with van der Waals surface area (Å²) in [6.45, 7) is 5.23. The fraction of sp³-hybridized carbons (Fsp3) is 0.296. The average Bonchev–Trinajstić information content (AvgIpc) is 2.86. The van der Waals surface area contributed by atoms with Crippen LogP contribution in [0.15, 0.2) is 89.8 Å². The molecule has 0 aromatic heterocycles. The van der Waals surface area contributed by atoms with Crippen molar-refractivity contribution in [3.05, 3.63) is 96.1 Å². The Hall–Kier alpha value is -2.76. The number of carbonyl (C=O) groups excluding carboxylic acids is 1. The van der Waals surface area contributed by atoms with Crippen LogP contribution in [0.2, 0.25) is 0 Å². The van der Waals surface area contributed by atoms with Gasteiger partial charge in [0.15, 0.2) is 0 Å². The van der Waals surface area contributed by atoms with E-state index in [0.717, 1.165) is 36.8 Å². The summed E-state index contributed by atoms with van der Waals surface area (Å²) in [5, 5.41) is -0.117. The number of amides is 1. The first-order chi connectivity index (χ1) is 15.7. The van der Waals surface area contributed by atoms with Gasteiger partial charge in [0.25, 0.3) is 0 Å². The van der Waals surface area contributed by atoms with E-state index in [0.29, 0.717) is 0 Å². The van der Waals surface area contributed by atoms with Gasteiger partial charge in [-0.1, -0.05) is 60.7 Å². The zero-order valence-corrected chi connectivity index (χ0v) is 19.5. The molecular weight excluding hydrogens is 416 g/mol. The normalized spacial score (nSPS) is 15.5. The van der Waals surface area contributed by atoms with Gasteiger partial charge in [0, 0.05) is 31.1 Å². The second kappa shape index (κ2) is 10.7. The first kappa shape index (κ1) is 22.4. The van der Waals surface area contributed by atoms with Crippen LogP contribution in [0.5, 0.6) is 5.75 Å². The second-order valence-corrected chi connectivity index (χ2v) is 9.43. The minimum absolute atomic E-state index is 0.117. The molecule has 0 saturated carbocycles. The van der Waals surface area contributed by atoms with Crippen molar-refractivity contribution < 1.29 is 9.53 Å². The van der Waals surface area contributed by atoms with Crippen LogP contribution in [0.1, 0.15) is 24.1 Å². The molecule has 1 unspecified atom stereocenters. The van der Waals surface area contributed by atoms with Gasteiger partial charge in [-0.15, -0.1) is 11.8 Å². The first-order valence-electron chi connectivity index (χ1n) is 11.1. The SMILES string of the molecule is COc1ccc(SC(C)C(=O)N2CCN(C(c3ccccc3)c3ccccc3)CC2)cc1. The highest BCUT2D eigenvalue weighted by Crippen LogP contribution is 2.31. The minimum Gasteiger partial charge on any atom is -0.497 e. The van der Waals surface area contributed by atoms with E-state index in [1.807, 2.05) is 36.1 Å². The number of carbonyl (C=O) groups is 1. The minimum atomic E-state index is -0.117. The zero-order chi connectivity index (χ0) is 22.3. The van der Waals surface area contributed by atoms with E-state index < -0.39 is 0 Å². The Kier molecular flexibility index (Phi) is 7.51. The number of rotatable bonds is 7. The molecule has 166 valence electrons. The Morgan fingerprint density at radius 2 is 1.34 bits per heavy atom. The predicted molar refractivity (Wildman–Crippen MR) is 131 cm³/mol. The standard InChI is InChI=1S/C27H30N2O2S/c1-21(32-25-15-13-24(31-2)14-16-25)27(30)29-19-17-28(18-20-29)26(22-9-5-3-6-10-22)23-11-7-4-8-12-23/h3-16,21,26H,17-20H2,1-2H3. The van der Waals surface area contributed by atoms with Crippen molar-refractivity contribution in [3.63, 3.8) is 0 Å². The van der Waals surface area contributed by atoms with Crippen LogP contribution in [0.25, 0.3) is 0 Å². The number of hydrogen-bond acceptors (Lipinski definition) is 4. The highest BCUT2D eigenvalue weighted by atomic mass is 32.2. The third-order valence-electron chi connectivity index (χ3n) is 5.94. The molecular formula is C27H30N2O2S. The molecule has 1 aliphatic heterocycles. The van der Waals surface area contributed by atoms with E-state index in [1.54, 1.807) is 18.9 Å². The van der Waals surface area contributed by atoms with Gasteiger partial charge in [-0.3, -0.25) is 9.69 Å². The van der Waals surface area contributed by atoms with Crippen LogP contribution >= 0.6 is 11.8 Å². The maximum Gasteiger partial charge on any atom is 0.235 e. The van der Waals surface area contributed by atoms with E-state index in [9.17, 15) is 4.79 Å². The Morgan fingerprint density at radius 3 is 1.84 bits per heavy atom. The first-order valence-corrected chi connectivity index (χ1v) is 12.0. The van der Waals surface area contributed by atoms with Crippen molar-refractivity contribution in [2.45, 2.75) is 23.1 Å². The molecule has 0 bridgehead atoms. The lowest BCUT2D eigenvalue weighted by molar-refractivity contribution is -0.132. The summed E-state index contributed by atoms with van der Waals surface area (Å²) in [6, 6.07) is 29.4. The third-order valence-corrected chi connectivity index (χ3v) is 7.04. The maximum absolute atomic E-state index is 13.1. The Labute approximate surface area is 195 Å². The lowest BCUT2D eigenvalue weighted by Gasteiger charge is -2.40. The molecule has 1 saturated heterocycles. The number of hydrogen-bond donors (Lipinski definition) is 0. The highest BCUT2D eigenvalue weighted by Gasteiger charge is 2.30. The molecule has 4 rings (SSSR count). The topological polar surface area (TPSA) is 32.8 Å². The number of thioether (sulfide) groups is 1. The van der Waals surface area contributed by atoms with Gasteiger partial charge in [0.1, 0.15) is 5.75 Å². The Morgan fingerprint density at radius 1 is 0.812 bits per heavy atom. The van der Waals surface area contributed by atoms with Gasteiger partial charge in [0.2, 0.25) is 5.91 Å². The number of benzene rings is 3. The molecule has 32 heavy (non-hydrogen) atoms. The third kappa shape index (κ3) is 5.34. The average molecular weight is 447 g/mol. The van der Waals surface area contributed by atoms with Crippen LogP contribution in [-0.2, 0) is 4.79 Å². The van der Waals surface area contributed by atoms with Crippen molar-refractivity contribution in [2.24, 2.45) is 0 Å². The summed E-state index contributed by atoms with van der Waals surface area (Å²) >= 11 is 1.60. The van der Waals surface area contributed by atoms with Gasteiger partial charge in [-0.2, -0.15) is 0 Å². The summed E-state index contributed by atoms with van der Waals surface area (Å²) in [7, 11) is 1.66. The van der Waals surface area contributed by atoms with E-state index in [1.165, 1.54) is 11.1 Å². The predicted octanol–water partition coefficient (Wildman–Crippen LogP) is 5.11. The van der Waals surface area contributed by atoms with E-state index >= 15 is 0 Å². The molecule has 0 aliphatic carbocycles. The van der Waals surface area contributed by atoms with Gasteiger partial charge < -0.3 is 9.64 Å². The number of methoxy groups -OCH3 is 1. The van der Waals surface area contributed by atoms with E-state index in [-0.39, 0.29) is 17.2 Å². The van der Waals surface area contributed by atoms with E-state index in [4.69, 9.17) is 4.74 Å². The van der Waals surface area contributed by atoms with Crippen LogP contribution in [0, 0.1) is 0 Å². The lowest BCUT2D eigenvalue weighted by atomic mass is 9.96. The molecule has 1 fully saturated rings. The molecule has 5 heteroatoms. The van der Waals surface area contributed by atoms with Crippen LogP contribution in [-0.4, -0.2) is 54.2 Å². The van der Waals surface area contributed by atoms with Crippen LogP contribution < -0.4 is 4.74 Å². The maximum atomic E-state index is 13.1. The van der Waals surface area contributed by atoms with Crippen molar-refractivity contribution in [1.29, 1.82) is 0 Å². The Bertz CT molecular complexity index is 948. The van der Waals surface area contributed by atoms with Crippen molar-refractivity contribution in [1.82, 2.24) is 9.80 Å². The molecule has 0 N–H and O–H groups in total.